The van der Waals surface area contributed by atoms with E-state index in [1.807, 2.05) is 6.92 Å². The number of likely N-dealkylation sites (tertiary alicyclic amines) is 1. The van der Waals surface area contributed by atoms with Crippen molar-refractivity contribution < 1.29 is 13.9 Å². The molecule has 1 saturated heterocycles. The van der Waals surface area contributed by atoms with Gasteiger partial charge in [0.25, 0.3) is 0 Å². The van der Waals surface area contributed by atoms with Gasteiger partial charge in [0.1, 0.15) is 11.3 Å². The number of rotatable bonds is 3. The van der Waals surface area contributed by atoms with Gasteiger partial charge in [-0.15, -0.1) is 0 Å². The summed E-state index contributed by atoms with van der Waals surface area (Å²) >= 11 is 0. The number of aromatic nitrogens is 1. The molecule has 3 rings (SSSR count). The van der Waals surface area contributed by atoms with Crippen LogP contribution in [0.4, 0.5) is 4.39 Å². The van der Waals surface area contributed by atoms with E-state index in [0.29, 0.717) is 29.5 Å². The molecule has 1 N–H and O–H groups in total. The number of nitrogens with zero attached hydrogens (tertiary/aromatic N) is 2. The molecule has 1 fully saturated rings. The summed E-state index contributed by atoms with van der Waals surface area (Å²) < 4.78 is 18.6. The van der Waals surface area contributed by atoms with E-state index in [1.54, 1.807) is 6.07 Å². The van der Waals surface area contributed by atoms with Crippen molar-refractivity contribution in [2.45, 2.75) is 26.0 Å². The van der Waals surface area contributed by atoms with E-state index in [0.717, 1.165) is 19.5 Å². The lowest BCUT2D eigenvalue weighted by Gasteiger charge is -2.15. The van der Waals surface area contributed by atoms with Gasteiger partial charge in [-0.05, 0) is 37.9 Å². The highest BCUT2D eigenvalue weighted by Crippen LogP contribution is 2.23. The van der Waals surface area contributed by atoms with Gasteiger partial charge in [0.05, 0.1) is 12.6 Å². The lowest BCUT2D eigenvalue weighted by atomic mass is 10.0. The molecule has 4 nitrogen and oxygen atoms in total. The maximum Gasteiger partial charge on any atom is 0.209 e. The van der Waals surface area contributed by atoms with Crippen LogP contribution in [0.15, 0.2) is 22.6 Å². The first-order chi connectivity index (χ1) is 9.11. The Bertz CT molecular complexity index is 582. The third-order valence-electron chi connectivity index (χ3n) is 3.74. The second kappa shape index (κ2) is 4.90. The second-order valence-corrected chi connectivity index (χ2v) is 5.24. The van der Waals surface area contributed by atoms with E-state index in [1.165, 1.54) is 12.1 Å². The van der Waals surface area contributed by atoms with Gasteiger partial charge in [0.15, 0.2) is 5.58 Å². The van der Waals surface area contributed by atoms with Gasteiger partial charge in [-0.25, -0.2) is 9.37 Å². The molecule has 0 bridgehead atoms. The number of halogens is 1. The molecule has 2 atom stereocenters. The van der Waals surface area contributed by atoms with Crippen LogP contribution in [-0.4, -0.2) is 34.2 Å². The molecule has 0 aliphatic carbocycles. The maximum atomic E-state index is 13.1. The molecule has 2 heterocycles. The summed E-state index contributed by atoms with van der Waals surface area (Å²) in [5.41, 5.74) is 1.17. The highest BCUT2D eigenvalue weighted by atomic mass is 19.1. The summed E-state index contributed by atoms with van der Waals surface area (Å²) in [4.78, 5) is 6.56. The van der Waals surface area contributed by atoms with Gasteiger partial charge in [0.2, 0.25) is 5.89 Å². The van der Waals surface area contributed by atoms with Crippen molar-refractivity contribution in [1.29, 1.82) is 0 Å². The van der Waals surface area contributed by atoms with E-state index in [-0.39, 0.29) is 11.9 Å². The molecule has 2 unspecified atom stereocenters. The zero-order valence-electron chi connectivity index (χ0n) is 10.8. The Labute approximate surface area is 110 Å². The number of fused-ring (bicyclic) bond motifs is 1. The highest BCUT2D eigenvalue weighted by Gasteiger charge is 2.26. The number of oxazole rings is 1. The summed E-state index contributed by atoms with van der Waals surface area (Å²) in [6.07, 6.45) is 0.717. The molecule has 102 valence electrons. The zero-order chi connectivity index (χ0) is 13.4. The fourth-order valence-corrected chi connectivity index (χ4v) is 2.61. The molecule has 2 aromatic rings. The number of aliphatic hydroxyl groups excluding tert-OH is 1. The molecule has 19 heavy (non-hydrogen) atoms. The van der Waals surface area contributed by atoms with Gasteiger partial charge in [0, 0.05) is 12.6 Å². The average Bonchev–Trinajstić information content (AvgIpc) is 2.95. The summed E-state index contributed by atoms with van der Waals surface area (Å²) in [6, 6.07) is 4.36. The van der Waals surface area contributed by atoms with Crippen LogP contribution in [-0.2, 0) is 6.54 Å². The summed E-state index contributed by atoms with van der Waals surface area (Å²) in [5, 5.41) is 9.57. The Balaban J connectivity index is 1.72. The van der Waals surface area contributed by atoms with Gasteiger partial charge in [-0.1, -0.05) is 0 Å². The molecular formula is C14H17FN2O2. The smallest absolute Gasteiger partial charge is 0.209 e. The first kappa shape index (κ1) is 12.6. The van der Waals surface area contributed by atoms with Gasteiger partial charge in [-0.3, -0.25) is 4.90 Å². The van der Waals surface area contributed by atoms with Crippen molar-refractivity contribution in [1.82, 2.24) is 9.88 Å². The van der Waals surface area contributed by atoms with E-state index >= 15 is 0 Å². The molecule has 0 amide bonds. The van der Waals surface area contributed by atoms with Crippen LogP contribution >= 0.6 is 0 Å². The SMILES string of the molecule is CC(O)C1CCN(Cc2nc3ccc(F)cc3o2)C1. The lowest BCUT2D eigenvalue weighted by Crippen LogP contribution is -2.24. The van der Waals surface area contributed by atoms with E-state index in [2.05, 4.69) is 9.88 Å². The molecule has 0 spiro atoms. The lowest BCUT2D eigenvalue weighted by molar-refractivity contribution is 0.126. The first-order valence-electron chi connectivity index (χ1n) is 6.57. The molecule has 1 aromatic carbocycles. The van der Waals surface area contributed by atoms with Gasteiger partial charge in [-0.2, -0.15) is 0 Å². The van der Waals surface area contributed by atoms with E-state index < -0.39 is 0 Å². The van der Waals surface area contributed by atoms with Crippen LogP contribution < -0.4 is 0 Å². The Morgan fingerprint density at radius 1 is 1.58 bits per heavy atom. The fourth-order valence-electron chi connectivity index (χ4n) is 2.61. The number of aliphatic hydroxyl groups is 1. The molecule has 1 aromatic heterocycles. The second-order valence-electron chi connectivity index (χ2n) is 5.24. The van der Waals surface area contributed by atoms with Gasteiger partial charge < -0.3 is 9.52 Å². The van der Waals surface area contributed by atoms with Crippen LogP contribution in [0.25, 0.3) is 11.1 Å². The van der Waals surface area contributed by atoms with Crippen molar-refractivity contribution in [3.8, 4) is 0 Å². The topological polar surface area (TPSA) is 49.5 Å². The van der Waals surface area contributed by atoms with Gasteiger partial charge >= 0.3 is 0 Å². The molecule has 1 aliphatic heterocycles. The molecule has 5 heteroatoms. The normalized spacial score (nSPS) is 22.2. The highest BCUT2D eigenvalue weighted by molar-refractivity contribution is 5.72. The predicted molar refractivity (Wildman–Crippen MR) is 69.0 cm³/mol. The van der Waals surface area contributed by atoms with Crippen molar-refractivity contribution in [3.63, 3.8) is 0 Å². The molecule has 1 aliphatic rings. The van der Waals surface area contributed by atoms with E-state index in [9.17, 15) is 9.50 Å². The van der Waals surface area contributed by atoms with Crippen molar-refractivity contribution >= 4 is 11.1 Å². The third-order valence-corrected chi connectivity index (χ3v) is 3.74. The number of hydrogen-bond acceptors (Lipinski definition) is 4. The Morgan fingerprint density at radius 3 is 3.16 bits per heavy atom. The molecule has 0 saturated carbocycles. The summed E-state index contributed by atoms with van der Waals surface area (Å²) in [6.45, 7) is 4.23. The molecule has 0 radical (unpaired) electrons. The predicted octanol–water partition coefficient (Wildman–Crippen LogP) is 2.17. The average molecular weight is 264 g/mol. The van der Waals surface area contributed by atoms with E-state index in [4.69, 9.17) is 4.42 Å². The maximum absolute atomic E-state index is 13.1. The van der Waals surface area contributed by atoms with Crippen LogP contribution in [0.5, 0.6) is 0 Å². The Morgan fingerprint density at radius 2 is 2.42 bits per heavy atom. The largest absolute Gasteiger partial charge is 0.439 e. The zero-order valence-corrected chi connectivity index (χ0v) is 10.8. The van der Waals surface area contributed by atoms with Crippen molar-refractivity contribution in [3.05, 3.63) is 29.9 Å². The Hall–Kier alpha value is -1.46. The third kappa shape index (κ3) is 2.62. The Kier molecular flexibility index (Phi) is 3.24. The first-order valence-corrected chi connectivity index (χ1v) is 6.57. The van der Waals surface area contributed by atoms with Crippen LogP contribution in [0.1, 0.15) is 19.2 Å². The van der Waals surface area contributed by atoms with Crippen molar-refractivity contribution in [2.75, 3.05) is 13.1 Å². The van der Waals surface area contributed by atoms with Crippen LogP contribution in [0.2, 0.25) is 0 Å². The number of benzene rings is 1. The van der Waals surface area contributed by atoms with Crippen LogP contribution in [0.3, 0.4) is 0 Å². The fraction of sp³-hybridized carbons (Fsp3) is 0.500. The minimum Gasteiger partial charge on any atom is -0.439 e. The minimum absolute atomic E-state index is 0.275. The summed E-state index contributed by atoms with van der Waals surface area (Å²) in [5.74, 6) is 0.610. The monoisotopic (exact) mass is 264 g/mol. The minimum atomic E-state index is -0.314. The van der Waals surface area contributed by atoms with Crippen molar-refractivity contribution in [2.24, 2.45) is 5.92 Å². The quantitative estimate of drug-likeness (QED) is 0.923. The van der Waals surface area contributed by atoms with Crippen LogP contribution in [0, 0.1) is 11.7 Å². The number of hydrogen-bond donors (Lipinski definition) is 1. The standard InChI is InChI=1S/C14H17FN2O2/c1-9(18)10-4-5-17(7-10)8-14-16-12-3-2-11(15)6-13(12)19-14/h2-3,6,9-10,18H,4-5,7-8H2,1H3. The molecular weight excluding hydrogens is 247 g/mol. The summed E-state index contributed by atoms with van der Waals surface area (Å²) in [7, 11) is 0.